The van der Waals surface area contributed by atoms with Crippen LogP contribution >= 0.6 is 0 Å². The van der Waals surface area contributed by atoms with E-state index in [2.05, 4.69) is 5.32 Å². The minimum atomic E-state index is 0.181. The molecule has 3 nitrogen and oxygen atoms in total. The van der Waals surface area contributed by atoms with E-state index in [0.29, 0.717) is 13.3 Å². The minimum Gasteiger partial charge on any atom is -0.395 e. The molecule has 1 saturated heterocycles. The number of aliphatic hydroxyl groups is 1. The third-order valence-corrected chi connectivity index (χ3v) is 1.01. The van der Waals surface area contributed by atoms with Crippen LogP contribution in [0.2, 0.25) is 0 Å². The second-order valence-corrected chi connectivity index (χ2v) is 1.60. The van der Waals surface area contributed by atoms with Crippen LogP contribution in [0.4, 0.5) is 0 Å². The maximum absolute atomic E-state index is 8.42. The van der Waals surface area contributed by atoms with E-state index >= 15 is 0 Å². The van der Waals surface area contributed by atoms with E-state index in [1.54, 1.807) is 0 Å². The normalized spacial score (nSPS) is 31.3. The summed E-state index contributed by atoms with van der Waals surface area (Å²) in [6, 6.07) is 0.181. The zero-order valence-corrected chi connectivity index (χ0v) is 4.05. The fourth-order valence-electron chi connectivity index (χ4n) is 0.554. The highest BCUT2D eigenvalue weighted by molar-refractivity contribution is 4.65. The minimum absolute atomic E-state index is 0.181. The summed E-state index contributed by atoms with van der Waals surface area (Å²) in [7, 11) is 0. The van der Waals surface area contributed by atoms with Gasteiger partial charge in [0, 0.05) is 0 Å². The van der Waals surface area contributed by atoms with Gasteiger partial charge in [0.2, 0.25) is 0 Å². The molecule has 0 aromatic rings. The molecule has 1 unspecified atom stereocenters. The second-order valence-electron chi connectivity index (χ2n) is 1.60. The third kappa shape index (κ3) is 1.12. The van der Waals surface area contributed by atoms with Crippen molar-refractivity contribution in [3.05, 3.63) is 0 Å². The standard InChI is InChI=1S/C4H9NO2/c6-1-4-2-7-3-5-4/h4-6H,1-3H2. The van der Waals surface area contributed by atoms with Crippen LogP contribution in [-0.2, 0) is 4.74 Å². The van der Waals surface area contributed by atoms with E-state index in [1.807, 2.05) is 0 Å². The summed E-state index contributed by atoms with van der Waals surface area (Å²) in [6.45, 7) is 1.42. The Kier molecular flexibility index (Phi) is 1.62. The number of ether oxygens (including phenoxy) is 1. The predicted molar refractivity (Wildman–Crippen MR) is 24.8 cm³/mol. The maximum atomic E-state index is 8.42. The molecule has 0 aliphatic carbocycles. The van der Waals surface area contributed by atoms with Crippen molar-refractivity contribution in [2.24, 2.45) is 0 Å². The van der Waals surface area contributed by atoms with E-state index in [9.17, 15) is 0 Å². The Bertz CT molecular complexity index is 51.7. The molecule has 7 heavy (non-hydrogen) atoms. The summed E-state index contributed by atoms with van der Waals surface area (Å²) in [4.78, 5) is 0. The molecule has 0 spiro atoms. The van der Waals surface area contributed by atoms with Gasteiger partial charge in [-0.05, 0) is 0 Å². The highest BCUT2D eigenvalue weighted by atomic mass is 16.5. The average Bonchev–Trinajstić information content (AvgIpc) is 2.14. The fourth-order valence-corrected chi connectivity index (χ4v) is 0.554. The molecule has 1 aliphatic rings. The number of nitrogens with one attached hydrogen (secondary N) is 1. The van der Waals surface area contributed by atoms with Crippen LogP contribution in [0.1, 0.15) is 0 Å². The van der Waals surface area contributed by atoms with Crippen molar-refractivity contribution >= 4 is 0 Å². The lowest BCUT2D eigenvalue weighted by molar-refractivity contribution is 0.178. The molecule has 3 heteroatoms. The van der Waals surface area contributed by atoms with E-state index < -0.39 is 0 Å². The summed E-state index contributed by atoms with van der Waals surface area (Å²) < 4.78 is 4.88. The molecule has 0 amide bonds. The summed E-state index contributed by atoms with van der Waals surface area (Å²) in [5, 5.41) is 11.4. The Morgan fingerprint density at radius 3 is 3.00 bits per heavy atom. The Labute approximate surface area is 42.3 Å². The zero-order chi connectivity index (χ0) is 5.11. The molecule has 1 aliphatic heterocycles. The Morgan fingerprint density at radius 1 is 1.86 bits per heavy atom. The number of hydrogen-bond acceptors (Lipinski definition) is 3. The van der Waals surface area contributed by atoms with E-state index in [1.165, 1.54) is 0 Å². The first-order chi connectivity index (χ1) is 3.43. The molecule has 0 aromatic carbocycles. The molecule has 2 N–H and O–H groups in total. The zero-order valence-electron chi connectivity index (χ0n) is 4.05. The smallest absolute Gasteiger partial charge is 0.0969 e. The predicted octanol–water partition coefficient (Wildman–Crippen LogP) is -1.08. The van der Waals surface area contributed by atoms with E-state index in [0.717, 1.165) is 0 Å². The van der Waals surface area contributed by atoms with Crippen LogP contribution in [0.25, 0.3) is 0 Å². The summed E-state index contributed by atoms with van der Waals surface area (Å²) in [5.41, 5.74) is 0. The number of hydrogen-bond donors (Lipinski definition) is 2. The Hall–Kier alpha value is -0.120. The largest absolute Gasteiger partial charge is 0.395 e. The molecule has 0 saturated carbocycles. The molecular formula is C4H9NO2. The van der Waals surface area contributed by atoms with Gasteiger partial charge in [-0.15, -0.1) is 0 Å². The van der Waals surface area contributed by atoms with Crippen molar-refractivity contribution in [1.82, 2.24) is 5.32 Å². The van der Waals surface area contributed by atoms with Crippen molar-refractivity contribution in [1.29, 1.82) is 0 Å². The van der Waals surface area contributed by atoms with Crippen molar-refractivity contribution < 1.29 is 9.84 Å². The van der Waals surface area contributed by atoms with Crippen molar-refractivity contribution in [3.63, 3.8) is 0 Å². The number of aliphatic hydroxyl groups excluding tert-OH is 1. The van der Waals surface area contributed by atoms with Crippen molar-refractivity contribution in [2.75, 3.05) is 19.9 Å². The van der Waals surface area contributed by atoms with Gasteiger partial charge in [-0.1, -0.05) is 0 Å². The summed E-state index contributed by atoms with van der Waals surface area (Å²) in [6.07, 6.45) is 0. The first kappa shape index (κ1) is 5.03. The highest BCUT2D eigenvalue weighted by Gasteiger charge is 2.11. The lowest BCUT2D eigenvalue weighted by Gasteiger charge is -1.98. The van der Waals surface area contributed by atoms with Gasteiger partial charge in [0.15, 0.2) is 0 Å². The lowest BCUT2D eigenvalue weighted by atomic mass is 10.4. The van der Waals surface area contributed by atoms with Crippen LogP contribution < -0.4 is 5.32 Å². The first-order valence-electron chi connectivity index (χ1n) is 2.35. The SMILES string of the molecule is OCC1COCN1. The third-order valence-electron chi connectivity index (χ3n) is 1.01. The fraction of sp³-hybridized carbons (Fsp3) is 1.00. The maximum Gasteiger partial charge on any atom is 0.0969 e. The molecule has 42 valence electrons. The Morgan fingerprint density at radius 2 is 2.71 bits per heavy atom. The van der Waals surface area contributed by atoms with Gasteiger partial charge >= 0.3 is 0 Å². The van der Waals surface area contributed by atoms with Crippen LogP contribution in [0.15, 0.2) is 0 Å². The molecule has 1 atom stereocenters. The van der Waals surface area contributed by atoms with Gasteiger partial charge < -0.3 is 9.84 Å². The van der Waals surface area contributed by atoms with Crippen LogP contribution in [0.5, 0.6) is 0 Å². The van der Waals surface area contributed by atoms with Gasteiger partial charge in [-0.2, -0.15) is 0 Å². The van der Waals surface area contributed by atoms with Crippen LogP contribution in [0, 0.1) is 0 Å². The second kappa shape index (κ2) is 2.26. The molecule has 1 heterocycles. The van der Waals surface area contributed by atoms with E-state index in [4.69, 9.17) is 9.84 Å². The Balaban J connectivity index is 2.14. The number of rotatable bonds is 1. The molecule has 1 rings (SSSR count). The van der Waals surface area contributed by atoms with Gasteiger partial charge in [-0.25, -0.2) is 0 Å². The van der Waals surface area contributed by atoms with Crippen LogP contribution in [0.3, 0.4) is 0 Å². The molecular weight excluding hydrogens is 94.0 g/mol. The molecule has 0 radical (unpaired) electrons. The molecule has 0 bridgehead atoms. The van der Waals surface area contributed by atoms with Crippen molar-refractivity contribution in [3.8, 4) is 0 Å². The molecule has 0 aromatic heterocycles. The lowest BCUT2D eigenvalue weighted by Crippen LogP contribution is -2.27. The summed E-state index contributed by atoms with van der Waals surface area (Å²) >= 11 is 0. The summed E-state index contributed by atoms with van der Waals surface area (Å²) in [5.74, 6) is 0. The van der Waals surface area contributed by atoms with Crippen LogP contribution in [-0.4, -0.2) is 31.1 Å². The average molecular weight is 103 g/mol. The van der Waals surface area contributed by atoms with Gasteiger partial charge in [-0.3, -0.25) is 5.32 Å². The van der Waals surface area contributed by atoms with Crippen molar-refractivity contribution in [2.45, 2.75) is 6.04 Å². The molecule has 1 fully saturated rings. The van der Waals surface area contributed by atoms with Gasteiger partial charge in [0.05, 0.1) is 26.0 Å². The highest BCUT2D eigenvalue weighted by Crippen LogP contribution is 1.90. The monoisotopic (exact) mass is 103 g/mol. The quantitative estimate of drug-likeness (QED) is 0.444. The first-order valence-corrected chi connectivity index (χ1v) is 2.35. The van der Waals surface area contributed by atoms with Gasteiger partial charge in [0.25, 0.3) is 0 Å². The van der Waals surface area contributed by atoms with Gasteiger partial charge in [0.1, 0.15) is 0 Å². The topological polar surface area (TPSA) is 41.5 Å². The van der Waals surface area contributed by atoms with E-state index in [-0.39, 0.29) is 12.6 Å².